The molecule has 29 heavy (non-hydrogen) atoms. The molecule has 0 amide bonds. The predicted molar refractivity (Wildman–Crippen MR) is 107 cm³/mol. The van der Waals surface area contributed by atoms with E-state index in [1.54, 1.807) is 31.2 Å². The molecule has 0 radical (unpaired) electrons. The van der Waals surface area contributed by atoms with Crippen molar-refractivity contribution in [1.82, 2.24) is 10.2 Å². The summed E-state index contributed by atoms with van der Waals surface area (Å²) in [6.07, 6.45) is 0. The molecule has 0 aliphatic carbocycles. The summed E-state index contributed by atoms with van der Waals surface area (Å²) in [5, 5.41) is 17.3. The minimum atomic E-state index is -3.94. The van der Waals surface area contributed by atoms with Gasteiger partial charge in [-0.25, -0.2) is 13.2 Å². The zero-order chi connectivity index (χ0) is 21.4. The molecule has 0 saturated carbocycles. The van der Waals surface area contributed by atoms with Crippen LogP contribution >= 0.6 is 0 Å². The van der Waals surface area contributed by atoms with Gasteiger partial charge in [0.1, 0.15) is 0 Å². The normalized spacial score (nSPS) is 12.0. The van der Waals surface area contributed by atoms with E-state index in [4.69, 9.17) is 4.42 Å². The van der Waals surface area contributed by atoms with Gasteiger partial charge in [0.15, 0.2) is 0 Å². The summed E-state index contributed by atoms with van der Waals surface area (Å²) in [4.78, 5) is 11.1. The van der Waals surface area contributed by atoms with Gasteiger partial charge < -0.3 is 9.52 Å². The minimum Gasteiger partial charge on any atom is -0.478 e. The number of aromatic nitrogens is 2. The van der Waals surface area contributed by atoms with E-state index < -0.39 is 16.0 Å². The van der Waals surface area contributed by atoms with Crippen LogP contribution in [0.2, 0.25) is 0 Å². The highest BCUT2D eigenvalue weighted by Gasteiger charge is 2.22. The SMILES string of the molecule is Cc1ccc(S(=O)(=O)Nc2ccc(-c3nnc(C(C)(C)C)o3)cc2)cc1C(=O)O. The van der Waals surface area contributed by atoms with Crippen molar-refractivity contribution in [3.63, 3.8) is 0 Å². The molecule has 1 aromatic heterocycles. The van der Waals surface area contributed by atoms with E-state index >= 15 is 0 Å². The average Bonchev–Trinajstić information content (AvgIpc) is 3.12. The second-order valence-corrected chi connectivity index (χ2v) is 9.31. The highest BCUT2D eigenvalue weighted by molar-refractivity contribution is 7.92. The molecule has 3 aromatic rings. The van der Waals surface area contributed by atoms with Crippen molar-refractivity contribution in [3.8, 4) is 11.5 Å². The van der Waals surface area contributed by atoms with Gasteiger partial charge in [-0.05, 0) is 48.9 Å². The van der Waals surface area contributed by atoms with Crippen LogP contribution in [0.15, 0.2) is 51.8 Å². The molecular weight excluding hydrogens is 394 g/mol. The van der Waals surface area contributed by atoms with Crippen molar-refractivity contribution in [3.05, 3.63) is 59.5 Å². The third-order valence-electron chi connectivity index (χ3n) is 4.20. The number of nitrogens with zero attached hydrogens (tertiary/aromatic N) is 2. The van der Waals surface area contributed by atoms with Crippen LogP contribution in [0.25, 0.3) is 11.5 Å². The number of carboxylic acid groups (broad SMARTS) is 1. The Morgan fingerprint density at radius 3 is 2.28 bits per heavy atom. The Labute approximate surface area is 168 Å². The maximum atomic E-state index is 12.6. The molecular formula is C20H21N3O5S. The lowest BCUT2D eigenvalue weighted by atomic mass is 9.97. The van der Waals surface area contributed by atoms with Gasteiger partial charge in [0.2, 0.25) is 11.8 Å². The molecule has 0 fully saturated rings. The Morgan fingerprint density at radius 1 is 1.07 bits per heavy atom. The number of nitrogens with one attached hydrogen (secondary N) is 1. The van der Waals surface area contributed by atoms with E-state index in [1.165, 1.54) is 12.1 Å². The molecule has 0 saturated heterocycles. The van der Waals surface area contributed by atoms with Gasteiger partial charge in [0, 0.05) is 16.7 Å². The number of carboxylic acids is 1. The van der Waals surface area contributed by atoms with Gasteiger partial charge in [0.25, 0.3) is 10.0 Å². The standard InChI is InChI=1S/C20H21N3O5S/c1-12-5-10-15(11-16(12)18(24)25)29(26,27)23-14-8-6-13(7-9-14)17-21-22-19(28-17)20(2,3)4/h5-11,23H,1-4H3,(H,24,25). The number of hydrogen-bond donors (Lipinski definition) is 2. The molecule has 9 heteroatoms. The van der Waals surface area contributed by atoms with E-state index in [2.05, 4.69) is 14.9 Å². The molecule has 0 spiro atoms. The first-order valence-corrected chi connectivity index (χ1v) is 10.3. The molecule has 152 valence electrons. The van der Waals surface area contributed by atoms with Crippen LogP contribution in [0.4, 0.5) is 5.69 Å². The first kappa shape index (κ1) is 20.5. The van der Waals surface area contributed by atoms with Crippen LogP contribution in [0.3, 0.4) is 0 Å². The van der Waals surface area contributed by atoms with E-state index in [0.29, 0.717) is 28.6 Å². The van der Waals surface area contributed by atoms with Crippen molar-refractivity contribution >= 4 is 21.7 Å². The Hall–Kier alpha value is -3.20. The second kappa shape index (κ2) is 7.32. The summed E-state index contributed by atoms with van der Waals surface area (Å²) in [6.45, 7) is 7.49. The average molecular weight is 415 g/mol. The van der Waals surface area contributed by atoms with Crippen LogP contribution in [-0.4, -0.2) is 29.7 Å². The Morgan fingerprint density at radius 2 is 1.72 bits per heavy atom. The number of sulfonamides is 1. The largest absolute Gasteiger partial charge is 0.478 e. The van der Waals surface area contributed by atoms with Crippen LogP contribution in [0, 0.1) is 6.92 Å². The summed E-state index contributed by atoms with van der Waals surface area (Å²) in [5.74, 6) is -0.335. The van der Waals surface area contributed by atoms with Crippen LogP contribution < -0.4 is 4.72 Å². The zero-order valence-electron chi connectivity index (χ0n) is 16.4. The lowest BCUT2D eigenvalue weighted by molar-refractivity contribution is 0.0696. The quantitative estimate of drug-likeness (QED) is 0.649. The first-order chi connectivity index (χ1) is 13.5. The monoisotopic (exact) mass is 415 g/mol. The molecule has 2 N–H and O–H groups in total. The summed E-state index contributed by atoms with van der Waals surface area (Å²) in [6, 6.07) is 10.4. The number of benzene rings is 2. The first-order valence-electron chi connectivity index (χ1n) is 8.78. The fourth-order valence-corrected chi connectivity index (χ4v) is 3.62. The lowest BCUT2D eigenvalue weighted by Crippen LogP contribution is -2.14. The van der Waals surface area contributed by atoms with Gasteiger partial charge in [-0.1, -0.05) is 26.8 Å². The predicted octanol–water partition coefficient (Wildman–Crippen LogP) is 3.84. The van der Waals surface area contributed by atoms with Crippen molar-refractivity contribution in [2.24, 2.45) is 0 Å². The number of anilines is 1. The summed E-state index contributed by atoms with van der Waals surface area (Å²) < 4.78 is 33.3. The zero-order valence-corrected chi connectivity index (χ0v) is 17.2. The second-order valence-electron chi connectivity index (χ2n) is 7.63. The van der Waals surface area contributed by atoms with Crippen molar-refractivity contribution in [1.29, 1.82) is 0 Å². The molecule has 0 aliphatic heterocycles. The van der Waals surface area contributed by atoms with E-state index in [1.807, 2.05) is 20.8 Å². The molecule has 0 aliphatic rings. The summed E-state index contributed by atoms with van der Waals surface area (Å²) in [7, 11) is -3.94. The van der Waals surface area contributed by atoms with Gasteiger partial charge in [0.05, 0.1) is 10.5 Å². The number of rotatable bonds is 5. The fraction of sp³-hybridized carbons (Fsp3) is 0.250. The smallest absolute Gasteiger partial charge is 0.335 e. The molecule has 0 unspecified atom stereocenters. The van der Waals surface area contributed by atoms with Crippen LogP contribution in [-0.2, 0) is 15.4 Å². The topological polar surface area (TPSA) is 122 Å². The highest BCUT2D eigenvalue weighted by Crippen LogP contribution is 2.27. The van der Waals surface area contributed by atoms with Gasteiger partial charge in [-0.2, -0.15) is 0 Å². The number of aromatic carboxylic acids is 1. The fourth-order valence-electron chi connectivity index (χ4n) is 2.54. The molecule has 0 atom stereocenters. The van der Waals surface area contributed by atoms with E-state index in [9.17, 15) is 18.3 Å². The van der Waals surface area contributed by atoms with Crippen molar-refractivity contribution in [2.45, 2.75) is 38.0 Å². The number of hydrogen-bond acceptors (Lipinski definition) is 6. The number of aryl methyl sites for hydroxylation is 1. The summed E-state index contributed by atoms with van der Waals surface area (Å²) in [5.41, 5.74) is 1.12. The molecule has 2 aromatic carbocycles. The third kappa shape index (κ3) is 4.45. The minimum absolute atomic E-state index is 0.0609. The third-order valence-corrected chi connectivity index (χ3v) is 5.58. The highest BCUT2D eigenvalue weighted by atomic mass is 32.2. The maximum Gasteiger partial charge on any atom is 0.335 e. The lowest BCUT2D eigenvalue weighted by Gasteiger charge is -2.11. The van der Waals surface area contributed by atoms with E-state index in [0.717, 1.165) is 6.07 Å². The molecule has 0 bridgehead atoms. The van der Waals surface area contributed by atoms with Crippen LogP contribution in [0.5, 0.6) is 0 Å². The Bertz CT molecular complexity index is 1160. The van der Waals surface area contributed by atoms with Crippen LogP contribution in [0.1, 0.15) is 42.6 Å². The Kier molecular flexibility index (Phi) is 5.18. The van der Waals surface area contributed by atoms with Gasteiger partial charge >= 0.3 is 5.97 Å². The van der Waals surface area contributed by atoms with Crippen molar-refractivity contribution in [2.75, 3.05) is 4.72 Å². The maximum absolute atomic E-state index is 12.6. The Balaban J connectivity index is 1.83. The van der Waals surface area contributed by atoms with Gasteiger partial charge in [-0.3, -0.25) is 4.72 Å². The summed E-state index contributed by atoms with van der Waals surface area (Å²) >= 11 is 0. The van der Waals surface area contributed by atoms with Crippen molar-refractivity contribution < 1.29 is 22.7 Å². The van der Waals surface area contributed by atoms with Gasteiger partial charge in [-0.15, -0.1) is 10.2 Å². The molecule has 8 nitrogen and oxygen atoms in total. The molecule has 3 rings (SSSR count). The van der Waals surface area contributed by atoms with E-state index in [-0.39, 0.29) is 15.9 Å². The molecule has 1 heterocycles. The number of carbonyl (C=O) groups is 1.